The van der Waals surface area contributed by atoms with Crippen molar-refractivity contribution < 1.29 is 28.2 Å². The first-order valence-corrected chi connectivity index (χ1v) is 12.7. The van der Waals surface area contributed by atoms with Gasteiger partial charge in [0.2, 0.25) is 0 Å². The fraction of sp³-hybridized carbons (Fsp3) is 0.207. The van der Waals surface area contributed by atoms with Crippen LogP contribution < -0.4 is 9.47 Å². The van der Waals surface area contributed by atoms with E-state index in [1.165, 1.54) is 18.2 Å². The molecule has 0 aliphatic carbocycles. The standard InChI is InChI=1S/C29H27FN2O5S/c1-31(14-13-20-9-12-24(36-2)25(16-20)37-3)27(33)22-10-7-19(8-11-22)17-26-28(34)32(29(35)38-26)18-21-5-4-6-23(30)15-21/h4-12,15-17H,13-14,18H2,1-3H3/b26-17-. The summed E-state index contributed by atoms with van der Waals surface area (Å²) >= 11 is 0.838. The van der Waals surface area contributed by atoms with E-state index in [1.807, 2.05) is 18.2 Å². The monoisotopic (exact) mass is 534 g/mol. The van der Waals surface area contributed by atoms with Crippen LogP contribution in [0.1, 0.15) is 27.0 Å². The number of imide groups is 1. The number of methoxy groups -OCH3 is 2. The first-order chi connectivity index (χ1) is 18.3. The average molecular weight is 535 g/mol. The predicted molar refractivity (Wildman–Crippen MR) is 145 cm³/mol. The Balaban J connectivity index is 1.37. The first kappa shape index (κ1) is 26.9. The normalized spacial score (nSPS) is 14.2. The second kappa shape index (κ2) is 12.0. The summed E-state index contributed by atoms with van der Waals surface area (Å²) < 4.78 is 24.1. The summed E-state index contributed by atoms with van der Waals surface area (Å²) in [5.41, 5.74) is 2.75. The van der Waals surface area contributed by atoms with Crippen LogP contribution in [0.25, 0.3) is 6.08 Å². The Bertz CT molecular complexity index is 1390. The zero-order valence-electron chi connectivity index (χ0n) is 21.3. The number of thioether (sulfide) groups is 1. The maximum absolute atomic E-state index is 13.5. The van der Waals surface area contributed by atoms with Crippen LogP contribution in [0, 0.1) is 5.82 Å². The van der Waals surface area contributed by atoms with Crippen molar-refractivity contribution in [2.45, 2.75) is 13.0 Å². The fourth-order valence-corrected chi connectivity index (χ4v) is 4.82. The first-order valence-electron chi connectivity index (χ1n) is 11.9. The lowest BCUT2D eigenvalue weighted by Crippen LogP contribution is -2.28. The molecule has 3 aromatic rings. The van der Waals surface area contributed by atoms with Gasteiger partial charge in [0.25, 0.3) is 17.1 Å². The number of amides is 3. The van der Waals surface area contributed by atoms with Crippen molar-refractivity contribution in [3.63, 3.8) is 0 Å². The van der Waals surface area contributed by atoms with Crippen molar-refractivity contribution in [3.05, 3.63) is 99.7 Å². The predicted octanol–water partition coefficient (Wildman–Crippen LogP) is 5.39. The second-order valence-electron chi connectivity index (χ2n) is 8.69. The molecule has 0 atom stereocenters. The van der Waals surface area contributed by atoms with E-state index < -0.39 is 17.0 Å². The Hall–Kier alpha value is -4.11. The molecule has 1 aliphatic rings. The van der Waals surface area contributed by atoms with Crippen molar-refractivity contribution in [2.75, 3.05) is 27.8 Å². The Labute approximate surface area is 224 Å². The molecule has 1 heterocycles. The van der Waals surface area contributed by atoms with Crippen LogP contribution in [-0.2, 0) is 17.8 Å². The molecule has 0 N–H and O–H groups in total. The van der Waals surface area contributed by atoms with Crippen molar-refractivity contribution in [1.82, 2.24) is 9.80 Å². The molecule has 38 heavy (non-hydrogen) atoms. The summed E-state index contributed by atoms with van der Waals surface area (Å²) in [7, 11) is 4.91. The number of halogens is 1. The molecule has 0 saturated carbocycles. The van der Waals surface area contributed by atoms with Crippen LogP contribution >= 0.6 is 11.8 Å². The Kier molecular flexibility index (Phi) is 8.48. The summed E-state index contributed by atoms with van der Waals surface area (Å²) in [6, 6.07) is 18.3. The summed E-state index contributed by atoms with van der Waals surface area (Å²) in [5.74, 6) is 0.302. The van der Waals surface area contributed by atoms with E-state index in [1.54, 1.807) is 62.6 Å². The molecule has 1 fully saturated rings. The number of likely N-dealkylation sites (N-methyl/N-ethyl adjacent to an activating group) is 1. The van der Waals surface area contributed by atoms with Gasteiger partial charge in [-0.1, -0.05) is 30.3 Å². The van der Waals surface area contributed by atoms with E-state index in [0.717, 1.165) is 22.2 Å². The summed E-state index contributed by atoms with van der Waals surface area (Å²) in [4.78, 5) is 41.1. The highest BCUT2D eigenvalue weighted by atomic mass is 32.2. The maximum atomic E-state index is 13.5. The molecule has 0 unspecified atom stereocenters. The van der Waals surface area contributed by atoms with Gasteiger partial charge in [0.1, 0.15) is 5.82 Å². The fourth-order valence-electron chi connectivity index (χ4n) is 3.98. The summed E-state index contributed by atoms with van der Waals surface area (Å²) in [6.45, 7) is 0.511. The Morgan fingerprint density at radius 3 is 2.39 bits per heavy atom. The molecule has 4 rings (SSSR count). The third-order valence-electron chi connectivity index (χ3n) is 6.09. The minimum absolute atomic E-state index is 0.00283. The molecule has 3 aromatic carbocycles. The molecule has 3 amide bonds. The third-order valence-corrected chi connectivity index (χ3v) is 7.00. The van der Waals surface area contributed by atoms with Crippen LogP contribution in [0.3, 0.4) is 0 Å². The van der Waals surface area contributed by atoms with Crippen LogP contribution in [0.5, 0.6) is 11.5 Å². The molecule has 0 bridgehead atoms. The maximum Gasteiger partial charge on any atom is 0.293 e. The molecular weight excluding hydrogens is 507 g/mol. The zero-order chi connectivity index (χ0) is 27.2. The van der Waals surface area contributed by atoms with Crippen molar-refractivity contribution in [1.29, 1.82) is 0 Å². The number of ether oxygens (including phenoxy) is 2. The Morgan fingerprint density at radius 1 is 0.974 bits per heavy atom. The van der Waals surface area contributed by atoms with Gasteiger partial charge < -0.3 is 14.4 Å². The molecule has 0 aromatic heterocycles. The largest absolute Gasteiger partial charge is 0.493 e. The highest BCUT2D eigenvalue weighted by molar-refractivity contribution is 8.18. The smallest absolute Gasteiger partial charge is 0.293 e. The molecular formula is C29H27FN2O5S. The van der Waals surface area contributed by atoms with Gasteiger partial charge in [-0.2, -0.15) is 0 Å². The van der Waals surface area contributed by atoms with E-state index in [4.69, 9.17) is 9.47 Å². The van der Waals surface area contributed by atoms with Crippen LogP contribution in [0.15, 0.2) is 71.6 Å². The molecule has 0 spiro atoms. The minimum Gasteiger partial charge on any atom is -0.493 e. The van der Waals surface area contributed by atoms with Crippen LogP contribution in [0.4, 0.5) is 9.18 Å². The lowest BCUT2D eigenvalue weighted by molar-refractivity contribution is -0.123. The number of carbonyl (C=O) groups excluding carboxylic acids is 3. The molecule has 1 aliphatic heterocycles. The van der Waals surface area contributed by atoms with Crippen LogP contribution in [-0.4, -0.2) is 54.7 Å². The number of hydrogen-bond acceptors (Lipinski definition) is 6. The summed E-state index contributed by atoms with van der Waals surface area (Å²) in [5, 5.41) is -0.409. The van der Waals surface area contributed by atoms with Gasteiger partial charge in [-0.25, -0.2) is 4.39 Å². The third kappa shape index (κ3) is 6.23. The van der Waals surface area contributed by atoms with Gasteiger partial charge in [0, 0.05) is 19.2 Å². The topological polar surface area (TPSA) is 76.2 Å². The molecule has 196 valence electrons. The lowest BCUT2D eigenvalue weighted by Gasteiger charge is -2.18. The molecule has 9 heteroatoms. The van der Waals surface area contributed by atoms with E-state index in [0.29, 0.717) is 41.2 Å². The number of hydrogen-bond donors (Lipinski definition) is 0. The highest BCUT2D eigenvalue weighted by Gasteiger charge is 2.35. The Morgan fingerprint density at radius 2 is 1.71 bits per heavy atom. The highest BCUT2D eigenvalue weighted by Crippen LogP contribution is 2.33. The SMILES string of the molecule is COc1ccc(CCN(C)C(=O)c2ccc(/C=C3\SC(=O)N(Cc4cccc(F)c4)C3=O)cc2)cc1OC. The zero-order valence-corrected chi connectivity index (χ0v) is 22.1. The minimum atomic E-state index is -0.431. The van der Waals surface area contributed by atoms with Gasteiger partial charge in [-0.3, -0.25) is 19.3 Å². The number of nitrogens with zero attached hydrogens (tertiary/aromatic N) is 2. The molecule has 1 saturated heterocycles. The number of benzene rings is 3. The van der Waals surface area contributed by atoms with Gasteiger partial charge in [-0.05, 0) is 77.3 Å². The van der Waals surface area contributed by atoms with Gasteiger partial charge in [-0.15, -0.1) is 0 Å². The van der Waals surface area contributed by atoms with Gasteiger partial charge >= 0.3 is 0 Å². The number of rotatable bonds is 9. The average Bonchev–Trinajstić information content (AvgIpc) is 3.18. The van der Waals surface area contributed by atoms with Gasteiger partial charge in [0.05, 0.1) is 25.7 Å². The van der Waals surface area contributed by atoms with Crippen molar-refractivity contribution >= 4 is 34.9 Å². The van der Waals surface area contributed by atoms with Gasteiger partial charge in [0.15, 0.2) is 11.5 Å². The lowest BCUT2D eigenvalue weighted by atomic mass is 10.1. The van der Waals surface area contributed by atoms with Crippen molar-refractivity contribution in [3.8, 4) is 11.5 Å². The molecule has 7 nitrogen and oxygen atoms in total. The quantitative estimate of drug-likeness (QED) is 0.343. The number of carbonyl (C=O) groups is 3. The van der Waals surface area contributed by atoms with Crippen LogP contribution in [0.2, 0.25) is 0 Å². The summed E-state index contributed by atoms with van der Waals surface area (Å²) in [6.07, 6.45) is 2.26. The van der Waals surface area contributed by atoms with E-state index in [9.17, 15) is 18.8 Å². The van der Waals surface area contributed by atoms with E-state index >= 15 is 0 Å². The molecule has 0 radical (unpaired) electrons. The second-order valence-corrected chi connectivity index (χ2v) is 9.68. The van der Waals surface area contributed by atoms with E-state index in [2.05, 4.69) is 0 Å². The van der Waals surface area contributed by atoms with Crippen molar-refractivity contribution in [2.24, 2.45) is 0 Å². The van der Waals surface area contributed by atoms with E-state index in [-0.39, 0.29) is 17.4 Å².